The van der Waals surface area contributed by atoms with Gasteiger partial charge in [-0.15, -0.1) is 0 Å². The van der Waals surface area contributed by atoms with Gasteiger partial charge in [-0.2, -0.15) is 5.10 Å². The van der Waals surface area contributed by atoms with E-state index in [-0.39, 0.29) is 17.3 Å². The van der Waals surface area contributed by atoms with Crippen LogP contribution < -0.4 is 5.32 Å². The molecule has 0 radical (unpaired) electrons. The highest BCUT2D eigenvalue weighted by Gasteiger charge is 2.41. The molecule has 4 nitrogen and oxygen atoms in total. The maximum Gasteiger partial charge on any atom is 0.182 e. The molecule has 0 amide bonds. The fraction of sp³-hybridized carbons (Fsp3) is 0.625. The molecule has 2 heterocycles. The molecule has 164 valence electrons. The quantitative estimate of drug-likeness (QED) is 0.724. The molecule has 2 fully saturated rings. The van der Waals surface area contributed by atoms with Gasteiger partial charge in [-0.3, -0.25) is 4.68 Å². The van der Waals surface area contributed by atoms with E-state index in [0.717, 1.165) is 32.5 Å². The molecule has 1 aromatic heterocycles. The molecule has 2 aromatic rings. The number of hydrogen-bond acceptors (Lipinski definition) is 3. The molecule has 1 saturated carbocycles. The Morgan fingerprint density at radius 2 is 1.73 bits per heavy atom. The van der Waals surface area contributed by atoms with E-state index >= 15 is 0 Å². The number of fused-ring (bicyclic) bond motifs is 1. The normalized spacial score (nSPS) is 24.4. The average molecular weight is 417 g/mol. The fourth-order valence-electron chi connectivity index (χ4n) is 5.14. The van der Waals surface area contributed by atoms with Crippen molar-refractivity contribution in [3.8, 4) is 11.1 Å². The van der Waals surface area contributed by atoms with Crippen molar-refractivity contribution in [2.24, 2.45) is 24.3 Å². The maximum absolute atomic E-state index is 14.8. The number of aryl methyl sites for hydroxylation is 2. The van der Waals surface area contributed by atoms with E-state index in [2.05, 4.69) is 36.1 Å². The van der Waals surface area contributed by atoms with Crippen molar-refractivity contribution < 1.29 is 8.78 Å². The highest BCUT2D eigenvalue weighted by molar-refractivity contribution is 5.68. The second-order valence-electron chi connectivity index (χ2n) is 10.5. The molecule has 1 unspecified atom stereocenters. The second kappa shape index (κ2) is 7.95. The Kier molecular flexibility index (Phi) is 5.64. The number of nitrogens with zero attached hydrogens (tertiary/aromatic N) is 3. The Hall–Kier alpha value is -1.95. The van der Waals surface area contributed by atoms with E-state index < -0.39 is 11.6 Å². The predicted octanol–water partition coefficient (Wildman–Crippen LogP) is 5.23. The summed E-state index contributed by atoms with van der Waals surface area (Å²) in [7, 11) is 1.78. The van der Waals surface area contributed by atoms with Crippen LogP contribution in [-0.4, -0.2) is 40.4 Å². The molecular formula is C24H34F2N4. The van der Waals surface area contributed by atoms with Gasteiger partial charge in [-0.05, 0) is 62.1 Å². The highest BCUT2D eigenvalue weighted by atomic mass is 19.2. The van der Waals surface area contributed by atoms with Crippen LogP contribution in [0.2, 0.25) is 0 Å². The molecule has 1 saturated heterocycles. The number of hydrogen-bond donors (Lipinski definition) is 1. The first kappa shape index (κ1) is 21.3. The Balaban J connectivity index is 1.39. The van der Waals surface area contributed by atoms with Gasteiger partial charge >= 0.3 is 0 Å². The smallest absolute Gasteiger partial charge is 0.182 e. The minimum Gasteiger partial charge on any atom is -0.380 e. The number of halogens is 2. The Morgan fingerprint density at radius 1 is 1.07 bits per heavy atom. The number of anilines is 1. The zero-order chi connectivity index (χ0) is 21.6. The van der Waals surface area contributed by atoms with Gasteiger partial charge in [0, 0.05) is 43.5 Å². The summed E-state index contributed by atoms with van der Waals surface area (Å²) in [6.07, 6.45) is 4.99. The zero-order valence-corrected chi connectivity index (χ0v) is 18.8. The van der Waals surface area contributed by atoms with Crippen molar-refractivity contribution >= 4 is 5.69 Å². The van der Waals surface area contributed by atoms with Gasteiger partial charge in [0.15, 0.2) is 11.6 Å². The van der Waals surface area contributed by atoms with Gasteiger partial charge in [-0.1, -0.05) is 20.8 Å². The standard InChI is InChI=1S/C24H34F2N4/c1-15-20(14-29(5)28-15)19-6-7-21(23(26)22(19)25)27-18-10-16-12-30(13-17(16)11-18)9-8-24(2,3)4/h6-7,14,16-18,27H,8-13H2,1-5H3/t16-,17+,18?. The van der Waals surface area contributed by atoms with Crippen molar-refractivity contribution in [2.75, 3.05) is 25.0 Å². The van der Waals surface area contributed by atoms with Crippen LogP contribution in [0, 0.1) is 35.8 Å². The lowest BCUT2D eigenvalue weighted by Crippen LogP contribution is -2.28. The molecular weight excluding hydrogens is 382 g/mol. The van der Waals surface area contributed by atoms with Crippen LogP contribution >= 0.6 is 0 Å². The zero-order valence-electron chi connectivity index (χ0n) is 18.8. The largest absolute Gasteiger partial charge is 0.380 e. The highest BCUT2D eigenvalue weighted by Crippen LogP contribution is 2.40. The summed E-state index contributed by atoms with van der Waals surface area (Å²) >= 11 is 0. The summed E-state index contributed by atoms with van der Waals surface area (Å²) in [4.78, 5) is 2.59. The first-order chi connectivity index (χ1) is 14.1. The molecule has 1 aromatic carbocycles. The number of likely N-dealkylation sites (tertiary alicyclic amines) is 1. The minimum atomic E-state index is -0.803. The van der Waals surface area contributed by atoms with Crippen molar-refractivity contribution in [1.29, 1.82) is 0 Å². The van der Waals surface area contributed by atoms with E-state index in [1.165, 1.54) is 6.42 Å². The van der Waals surface area contributed by atoms with E-state index in [9.17, 15) is 8.78 Å². The molecule has 1 aliphatic heterocycles. The van der Waals surface area contributed by atoms with Crippen LogP contribution in [0.15, 0.2) is 18.3 Å². The van der Waals surface area contributed by atoms with Crippen LogP contribution in [-0.2, 0) is 7.05 Å². The van der Waals surface area contributed by atoms with E-state index in [1.807, 2.05) is 0 Å². The third kappa shape index (κ3) is 4.39. The number of aromatic nitrogens is 2. The SMILES string of the molecule is Cc1nn(C)cc1-c1ccc(NC2C[C@@H]3CN(CCC(C)(C)C)C[C@@H]3C2)c(F)c1F. The Labute approximate surface area is 178 Å². The third-order valence-corrected chi connectivity index (χ3v) is 6.75. The van der Waals surface area contributed by atoms with Crippen LogP contribution in [0.4, 0.5) is 14.5 Å². The lowest BCUT2D eigenvalue weighted by atomic mass is 9.92. The summed E-state index contributed by atoms with van der Waals surface area (Å²) in [6.45, 7) is 12.1. The van der Waals surface area contributed by atoms with Crippen molar-refractivity contribution in [1.82, 2.24) is 14.7 Å². The summed E-state index contributed by atoms with van der Waals surface area (Å²) < 4.78 is 31.3. The average Bonchev–Trinajstić information content (AvgIpc) is 3.29. The summed E-state index contributed by atoms with van der Waals surface area (Å²) in [5.41, 5.74) is 2.22. The van der Waals surface area contributed by atoms with Gasteiger partial charge in [0.25, 0.3) is 0 Å². The molecule has 0 spiro atoms. The first-order valence-electron chi connectivity index (χ1n) is 11.1. The monoisotopic (exact) mass is 416 g/mol. The van der Waals surface area contributed by atoms with Crippen LogP contribution in [0.25, 0.3) is 11.1 Å². The number of nitrogens with one attached hydrogen (secondary N) is 1. The van der Waals surface area contributed by atoms with Crippen molar-refractivity contribution in [2.45, 2.75) is 53.0 Å². The van der Waals surface area contributed by atoms with Gasteiger partial charge in [0.05, 0.1) is 11.4 Å². The van der Waals surface area contributed by atoms with Gasteiger partial charge in [-0.25, -0.2) is 8.78 Å². The van der Waals surface area contributed by atoms with Crippen LogP contribution in [0.5, 0.6) is 0 Å². The second-order valence-corrected chi connectivity index (χ2v) is 10.5. The Morgan fingerprint density at radius 3 is 2.30 bits per heavy atom. The van der Waals surface area contributed by atoms with Gasteiger partial charge < -0.3 is 10.2 Å². The lowest BCUT2D eigenvalue weighted by Gasteiger charge is -2.24. The lowest BCUT2D eigenvalue weighted by molar-refractivity contribution is 0.250. The van der Waals surface area contributed by atoms with E-state index in [0.29, 0.717) is 28.5 Å². The molecule has 3 atom stereocenters. The molecule has 1 N–H and O–H groups in total. The molecule has 0 bridgehead atoms. The van der Waals surface area contributed by atoms with Crippen molar-refractivity contribution in [3.05, 3.63) is 35.7 Å². The molecule has 1 aliphatic carbocycles. The minimum absolute atomic E-state index is 0.213. The Bertz CT molecular complexity index is 901. The molecule has 6 heteroatoms. The van der Waals surface area contributed by atoms with Crippen molar-refractivity contribution in [3.63, 3.8) is 0 Å². The van der Waals surface area contributed by atoms with E-state index in [1.54, 1.807) is 37.0 Å². The predicted molar refractivity (Wildman–Crippen MR) is 117 cm³/mol. The topological polar surface area (TPSA) is 33.1 Å². The van der Waals surface area contributed by atoms with Gasteiger partial charge in [0.1, 0.15) is 0 Å². The maximum atomic E-state index is 14.8. The van der Waals surface area contributed by atoms with E-state index in [4.69, 9.17) is 0 Å². The fourth-order valence-corrected chi connectivity index (χ4v) is 5.14. The summed E-state index contributed by atoms with van der Waals surface area (Å²) in [6, 6.07) is 3.54. The summed E-state index contributed by atoms with van der Waals surface area (Å²) in [5.74, 6) is -0.275. The summed E-state index contributed by atoms with van der Waals surface area (Å²) in [5, 5.41) is 7.53. The number of rotatable bonds is 5. The van der Waals surface area contributed by atoms with Gasteiger partial charge in [0.2, 0.25) is 0 Å². The third-order valence-electron chi connectivity index (χ3n) is 6.75. The number of benzene rings is 1. The van der Waals surface area contributed by atoms with Crippen LogP contribution in [0.3, 0.4) is 0 Å². The van der Waals surface area contributed by atoms with Crippen LogP contribution in [0.1, 0.15) is 45.7 Å². The first-order valence-corrected chi connectivity index (χ1v) is 11.1. The molecule has 30 heavy (non-hydrogen) atoms. The molecule has 4 rings (SSSR count). The molecule has 2 aliphatic rings.